The molecule has 0 saturated carbocycles. The van der Waals surface area contributed by atoms with Crippen LogP contribution in [0, 0.1) is 9.39 Å². The van der Waals surface area contributed by atoms with Crippen molar-refractivity contribution in [1.29, 1.82) is 0 Å². The summed E-state index contributed by atoms with van der Waals surface area (Å²) in [4.78, 5) is 11.7. The number of ether oxygens (including phenoxy) is 1. The molecule has 2 rings (SSSR count). The molecule has 0 aliphatic heterocycles. The molecule has 1 N–H and O–H groups in total. The minimum absolute atomic E-state index is 0.114. The van der Waals surface area contributed by atoms with Gasteiger partial charge in [0.1, 0.15) is 11.6 Å². The lowest BCUT2D eigenvalue weighted by Crippen LogP contribution is -2.20. The second-order valence-electron chi connectivity index (χ2n) is 3.77. The summed E-state index contributed by atoms with van der Waals surface area (Å²) in [6.45, 7) is -0.114. The molecule has 98 valence electrons. The molecule has 0 saturated heterocycles. The van der Waals surface area contributed by atoms with Gasteiger partial charge in [-0.3, -0.25) is 4.79 Å². The summed E-state index contributed by atoms with van der Waals surface area (Å²) in [6, 6.07) is 13.0. The fourth-order valence-electron chi connectivity index (χ4n) is 1.43. The Morgan fingerprint density at radius 2 is 1.84 bits per heavy atom. The maximum atomic E-state index is 12.7. The van der Waals surface area contributed by atoms with Crippen molar-refractivity contribution >= 4 is 34.2 Å². The van der Waals surface area contributed by atoms with Gasteiger partial charge in [0, 0.05) is 3.57 Å². The van der Waals surface area contributed by atoms with Crippen LogP contribution in [0.2, 0.25) is 0 Å². The molecule has 2 aromatic rings. The van der Waals surface area contributed by atoms with Gasteiger partial charge in [0.25, 0.3) is 5.91 Å². The smallest absolute Gasteiger partial charge is 0.262 e. The van der Waals surface area contributed by atoms with E-state index in [-0.39, 0.29) is 18.3 Å². The number of hydrogen-bond donors (Lipinski definition) is 1. The fraction of sp³-hybridized carbons (Fsp3) is 0.0714. The summed E-state index contributed by atoms with van der Waals surface area (Å²) in [5.41, 5.74) is 0.746. The topological polar surface area (TPSA) is 38.3 Å². The Kier molecular flexibility index (Phi) is 4.73. The first-order valence-corrected chi connectivity index (χ1v) is 6.66. The summed E-state index contributed by atoms with van der Waals surface area (Å²) >= 11 is 2.14. The average Bonchev–Trinajstić information content (AvgIpc) is 2.41. The van der Waals surface area contributed by atoms with Crippen molar-refractivity contribution < 1.29 is 13.9 Å². The number of carbonyl (C=O) groups is 1. The highest BCUT2D eigenvalue weighted by Gasteiger charge is 2.05. The van der Waals surface area contributed by atoms with E-state index in [0.29, 0.717) is 5.75 Å². The number of para-hydroxylation sites is 1. The molecule has 0 bridgehead atoms. The van der Waals surface area contributed by atoms with E-state index in [0.717, 1.165) is 9.26 Å². The standard InChI is InChI=1S/C14H11FINO2/c15-10-5-7-11(8-6-10)19-9-14(18)17-13-4-2-1-3-12(13)16/h1-8H,9H2,(H,17,18). The zero-order chi connectivity index (χ0) is 13.7. The van der Waals surface area contributed by atoms with E-state index in [2.05, 4.69) is 27.9 Å². The molecule has 0 aliphatic carbocycles. The summed E-state index contributed by atoms with van der Waals surface area (Å²) in [5.74, 6) is -0.136. The highest BCUT2D eigenvalue weighted by Crippen LogP contribution is 2.17. The first-order chi connectivity index (χ1) is 9.15. The zero-order valence-corrected chi connectivity index (χ0v) is 12.1. The lowest BCUT2D eigenvalue weighted by atomic mass is 10.3. The maximum absolute atomic E-state index is 12.7. The molecule has 0 fully saturated rings. The first-order valence-electron chi connectivity index (χ1n) is 5.58. The van der Waals surface area contributed by atoms with E-state index >= 15 is 0 Å². The monoisotopic (exact) mass is 371 g/mol. The molecule has 5 heteroatoms. The molecular weight excluding hydrogens is 360 g/mol. The molecule has 3 nitrogen and oxygen atoms in total. The van der Waals surface area contributed by atoms with Gasteiger partial charge in [0.2, 0.25) is 0 Å². The Hall–Kier alpha value is -1.63. The third-order valence-electron chi connectivity index (χ3n) is 2.33. The third-order valence-corrected chi connectivity index (χ3v) is 3.27. The Morgan fingerprint density at radius 3 is 2.53 bits per heavy atom. The largest absolute Gasteiger partial charge is 0.484 e. The SMILES string of the molecule is O=C(COc1ccc(F)cc1)Nc1ccccc1I. The fourth-order valence-corrected chi connectivity index (χ4v) is 1.95. The predicted molar refractivity (Wildman–Crippen MR) is 79.7 cm³/mol. The molecule has 0 atom stereocenters. The van der Waals surface area contributed by atoms with Gasteiger partial charge in [-0.15, -0.1) is 0 Å². The predicted octanol–water partition coefficient (Wildman–Crippen LogP) is 3.45. The second-order valence-corrected chi connectivity index (χ2v) is 4.93. The summed E-state index contributed by atoms with van der Waals surface area (Å²) in [7, 11) is 0. The quantitative estimate of drug-likeness (QED) is 0.837. The van der Waals surface area contributed by atoms with Crippen LogP contribution in [0.5, 0.6) is 5.75 Å². The van der Waals surface area contributed by atoms with Gasteiger partial charge in [-0.25, -0.2) is 4.39 Å². The van der Waals surface area contributed by atoms with Crippen LogP contribution in [0.25, 0.3) is 0 Å². The van der Waals surface area contributed by atoms with Crippen LogP contribution >= 0.6 is 22.6 Å². The number of hydrogen-bond acceptors (Lipinski definition) is 2. The van der Waals surface area contributed by atoms with Gasteiger partial charge in [-0.1, -0.05) is 12.1 Å². The highest BCUT2D eigenvalue weighted by atomic mass is 127. The lowest BCUT2D eigenvalue weighted by Gasteiger charge is -2.08. The van der Waals surface area contributed by atoms with E-state index < -0.39 is 0 Å². The van der Waals surface area contributed by atoms with Crippen LogP contribution in [-0.4, -0.2) is 12.5 Å². The van der Waals surface area contributed by atoms with Gasteiger partial charge in [-0.2, -0.15) is 0 Å². The van der Waals surface area contributed by atoms with E-state index in [1.54, 1.807) is 0 Å². The Labute approximate surface area is 123 Å². The van der Waals surface area contributed by atoms with Crippen molar-refractivity contribution in [3.8, 4) is 5.75 Å². The normalized spacial score (nSPS) is 10.0. The average molecular weight is 371 g/mol. The van der Waals surface area contributed by atoms with Gasteiger partial charge in [0.05, 0.1) is 5.69 Å². The van der Waals surface area contributed by atoms with Crippen molar-refractivity contribution in [3.63, 3.8) is 0 Å². The number of rotatable bonds is 4. The molecule has 0 radical (unpaired) electrons. The van der Waals surface area contributed by atoms with Crippen molar-refractivity contribution in [1.82, 2.24) is 0 Å². The van der Waals surface area contributed by atoms with Gasteiger partial charge in [0.15, 0.2) is 6.61 Å². The number of amides is 1. The molecular formula is C14H11FINO2. The molecule has 0 aromatic heterocycles. The van der Waals surface area contributed by atoms with Crippen molar-refractivity contribution in [2.24, 2.45) is 0 Å². The van der Waals surface area contributed by atoms with Crippen molar-refractivity contribution in [2.75, 3.05) is 11.9 Å². The third kappa shape index (κ3) is 4.20. The first kappa shape index (κ1) is 13.8. The molecule has 1 amide bonds. The minimum atomic E-state index is -0.337. The Bertz CT molecular complexity index is 572. The summed E-state index contributed by atoms with van der Waals surface area (Å²) in [6.07, 6.45) is 0. The molecule has 0 spiro atoms. The highest BCUT2D eigenvalue weighted by molar-refractivity contribution is 14.1. The maximum Gasteiger partial charge on any atom is 0.262 e. The van der Waals surface area contributed by atoms with Crippen LogP contribution in [-0.2, 0) is 4.79 Å². The Balaban J connectivity index is 1.88. The minimum Gasteiger partial charge on any atom is -0.484 e. The number of nitrogens with one attached hydrogen (secondary N) is 1. The van der Waals surface area contributed by atoms with E-state index in [9.17, 15) is 9.18 Å². The lowest BCUT2D eigenvalue weighted by molar-refractivity contribution is -0.118. The van der Waals surface area contributed by atoms with Crippen LogP contribution < -0.4 is 10.1 Å². The molecule has 19 heavy (non-hydrogen) atoms. The molecule has 0 unspecified atom stereocenters. The second kappa shape index (κ2) is 6.51. The van der Waals surface area contributed by atoms with Gasteiger partial charge < -0.3 is 10.1 Å². The van der Waals surface area contributed by atoms with Crippen LogP contribution in [0.15, 0.2) is 48.5 Å². The van der Waals surface area contributed by atoms with E-state index in [1.807, 2.05) is 24.3 Å². The molecule has 2 aromatic carbocycles. The van der Waals surface area contributed by atoms with E-state index in [1.165, 1.54) is 24.3 Å². The van der Waals surface area contributed by atoms with Crippen molar-refractivity contribution in [3.05, 3.63) is 57.9 Å². The van der Waals surface area contributed by atoms with Crippen molar-refractivity contribution in [2.45, 2.75) is 0 Å². The number of halogens is 2. The summed E-state index contributed by atoms with van der Waals surface area (Å²) in [5, 5.41) is 2.75. The van der Waals surface area contributed by atoms with Crippen LogP contribution in [0.1, 0.15) is 0 Å². The van der Waals surface area contributed by atoms with Gasteiger partial charge in [-0.05, 0) is 59.0 Å². The molecule has 0 aliphatic rings. The number of anilines is 1. The molecule has 0 heterocycles. The van der Waals surface area contributed by atoms with E-state index in [4.69, 9.17) is 4.74 Å². The number of carbonyl (C=O) groups excluding carboxylic acids is 1. The van der Waals surface area contributed by atoms with Gasteiger partial charge >= 0.3 is 0 Å². The number of benzene rings is 2. The summed E-state index contributed by atoms with van der Waals surface area (Å²) < 4.78 is 18.9. The Morgan fingerprint density at radius 1 is 1.16 bits per heavy atom. The van der Waals surface area contributed by atoms with Crippen LogP contribution in [0.4, 0.5) is 10.1 Å². The van der Waals surface area contributed by atoms with Crippen LogP contribution in [0.3, 0.4) is 0 Å². The zero-order valence-electron chi connectivity index (χ0n) is 9.90.